The lowest BCUT2D eigenvalue weighted by Gasteiger charge is -2.60. The third kappa shape index (κ3) is 7.55. The van der Waals surface area contributed by atoms with Crippen LogP contribution < -0.4 is 0 Å². The Hall–Kier alpha value is -1.49. The molecule has 24 atom stereocenters. The lowest BCUT2D eigenvalue weighted by molar-refractivity contribution is -0.356. The molecule has 0 spiro atoms. The first-order valence-corrected chi connectivity index (χ1v) is 25.3. The standard InChI is InChI=1S/C51H76O13/c1-10-26(2)16-29-19-38(52)51(9)42(54-29)21-34-35(61-51)20-33-30(55-34)12-11-14-47(5)43(58-33)25-50(8)41(62-47)23-40-48(6,64-50)15-13-31-45(60-40)27(3)17-32-37(56-31)24-49(7)39(57-32)22-36-46(63-49)28(4)18-44(53)59-36/h11-12,18,26-27,29-43,45-46,52H,10,13-17,19-25H2,1-9H3/b12-11-/t26?,27-,29-,30-,31?,32+,33?,34+,35?,36+,37?,38+,39-,40+,41-,42-,43?,45-,46?,47+,48-,49+,50+,51+/m1/s1. The molecule has 9 saturated heterocycles. The maximum absolute atomic E-state index is 12.3. The molecule has 13 nitrogen and oxygen atoms in total. The predicted molar refractivity (Wildman–Crippen MR) is 233 cm³/mol. The molecule has 64 heavy (non-hydrogen) atoms. The van der Waals surface area contributed by atoms with Crippen LogP contribution in [0.5, 0.6) is 0 Å². The maximum atomic E-state index is 12.3. The first-order chi connectivity index (χ1) is 30.4. The molecule has 0 aromatic carbocycles. The summed E-state index contributed by atoms with van der Waals surface area (Å²) >= 11 is 0. The van der Waals surface area contributed by atoms with Gasteiger partial charge in [0.15, 0.2) is 0 Å². The Morgan fingerprint density at radius 3 is 2.28 bits per heavy atom. The van der Waals surface area contributed by atoms with E-state index in [-0.39, 0.29) is 110 Å². The Labute approximate surface area is 380 Å². The van der Waals surface area contributed by atoms with Gasteiger partial charge in [0.2, 0.25) is 0 Å². The number of carbonyl (C=O) groups excluding carboxylic acids is 1. The summed E-state index contributed by atoms with van der Waals surface area (Å²) in [5.41, 5.74) is -2.19. The Bertz CT molecular complexity index is 1860. The molecule has 7 unspecified atom stereocenters. The van der Waals surface area contributed by atoms with Crippen LogP contribution in [-0.2, 0) is 56.9 Å². The van der Waals surface area contributed by atoms with Crippen LogP contribution >= 0.6 is 0 Å². The van der Waals surface area contributed by atoms with Gasteiger partial charge >= 0.3 is 5.97 Å². The number of hydrogen-bond donors (Lipinski definition) is 1. The molecule has 0 aromatic rings. The van der Waals surface area contributed by atoms with Gasteiger partial charge in [-0.3, -0.25) is 0 Å². The van der Waals surface area contributed by atoms with Crippen molar-refractivity contribution in [3.8, 4) is 0 Å². The Balaban J connectivity index is 0.775. The molecule has 11 heterocycles. The number of aliphatic hydroxyl groups excluding tert-OH is 1. The van der Waals surface area contributed by atoms with E-state index in [9.17, 15) is 9.90 Å². The van der Waals surface area contributed by atoms with E-state index in [2.05, 4.69) is 60.6 Å². The number of hydrogen-bond acceptors (Lipinski definition) is 13. The summed E-state index contributed by atoms with van der Waals surface area (Å²) in [5, 5.41) is 11.5. The van der Waals surface area contributed by atoms with E-state index >= 15 is 0 Å². The first-order valence-electron chi connectivity index (χ1n) is 25.3. The minimum atomic E-state index is -0.793. The average Bonchev–Trinajstić information content (AvgIpc) is 3.43. The number of ether oxygens (including phenoxy) is 11. The van der Waals surface area contributed by atoms with Crippen LogP contribution in [0.3, 0.4) is 0 Å². The van der Waals surface area contributed by atoms with Gasteiger partial charge in [-0.2, -0.15) is 0 Å². The van der Waals surface area contributed by atoms with Gasteiger partial charge in [-0.15, -0.1) is 0 Å². The van der Waals surface area contributed by atoms with Gasteiger partial charge in [-0.1, -0.05) is 39.3 Å². The average molecular weight is 897 g/mol. The molecule has 11 aliphatic rings. The number of carbonyl (C=O) groups is 1. The van der Waals surface area contributed by atoms with Crippen molar-refractivity contribution in [2.45, 2.75) is 278 Å². The van der Waals surface area contributed by atoms with Gasteiger partial charge in [0, 0.05) is 51.0 Å². The second-order valence-electron chi connectivity index (χ2n) is 23.5. The molecule has 11 aliphatic heterocycles. The van der Waals surface area contributed by atoms with Crippen LogP contribution in [0.25, 0.3) is 0 Å². The van der Waals surface area contributed by atoms with E-state index in [0.717, 1.165) is 44.1 Å². The van der Waals surface area contributed by atoms with E-state index in [0.29, 0.717) is 50.9 Å². The summed E-state index contributed by atoms with van der Waals surface area (Å²) in [5.74, 6) is 0.416. The molecule has 11 rings (SSSR count). The third-order valence-electron chi connectivity index (χ3n) is 18.5. The molecule has 0 saturated carbocycles. The minimum Gasteiger partial charge on any atom is -0.456 e. The van der Waals surface area contributed by atoms with Gasteiger partial charge < -0.3 is 57.2 Å². The van der Waals surface area contributed by atoms with Gasteiger partial charge in [0.25, 0.3) is 0 Å². The summed E-state index contributed by atoms with van der Waals surface area (Å²) in [7, 11) is 0. The molecule has 13 heteroatoms. The lowest BCUT2D eigenvalue weighted by atomic mass is 9.72. The van der Waals surface area contributed by atoms with Crippen LogP contribution in [0, 0.1) is 11.8 Å². The van der Waals surface area contributed by atoms with Crippen molar-refractivity contribution in [1.29, 1.82) is 0 Å². The van der Waals surface area contributed by atoms with Crippen molar-refractivity contribution in [2.75, 3.05) is 0 Å². The van der Waals surface area contributed by atoms with E-state index in [4.69, 9.17) is 52.1 Å². The van der Waals surface area contributed by atoms with Gasteiger partial charge in [-0.25, -0.2) is 4.79 Å². The zero-order valence-electron chi connectivity index (χ0n) is 39.7. The molecule has 358 valence electrons. The van der Waals surface area contributed by atoms with Crippen LogP contribution in [0.15, 0.2) is 23.8 Å². The van der Waals surface area contributed by atoms with Crippen molar-refractivity contribution in [3.05, 3.63) is 23.8 Å². The number of esters is 1. The van der Waals surface area contributed by atoms with Crippen molar-refractivity contribution in [2.24, 2.45) is 11.8 Å². The molecular formula is C51H76O13. The van der Waals surface area contributed by atoms with Crippen LogP contribution in [0.2, 0.25) is 0 Å². The minimum absolute atomic E-state index is 0.0242. The highest BCUT2D eigenvalue weighted by atomic mass is 16.7. The summed E-state index contributed by atoms with van der Waals surface area (Å²) in [6.45, 7) is 19.5. The molecule has 9 fully saturated rings. The first kappa shape index (κ1) is 45.0. The molecule has 0 radical (unpaired) electrons. The van der Waals surface area contributed by atoms with Crippen molar-refractivity contribution in [3.63, 3.8) is 0 Å². The second-order valence-corrected chi connectivity index (χ2v) is 23.5. The monoisotopic (exact) mass is 897 g/mol. The highest BCUT2D eigenvalue weighted by molar-refractivity contribution is 5.84. The summed E-state index contributed by atoms with van der Waals surface area (Å²) in [6.07, 6.45) is 12.2. The van der Waals surface area contributed by atoms with Crippen molar-refractivity contribution in [1.82, 2.24) is 0 Å². The zero-order chi connectivity index (χ0) is 44.7. The van der Waals surface area contributed by atoms with Crippen molar-refractivity contribution >= 4 is 5.97 Å². The van der Waals surface area contributed by atoms with Crippen LogP contribution in [-0.4, -0.2) is 143 Å². The van der Waals surface area contributed by atoms with Gasteiger partial charge in [-0.05, 0) is 91.1 Å². The van der Waals surface area contributed by atoms with Crippen LogP contribution in [0.4, 0.5) is 0 Å². The highest BCUT2D eigenvalue weighted by Crippen LogP contribution is 2.55. The van der Waals surface area contributed by atoms with Crippen molar-refractivity contribution < 1.29 is 62.0 Å². The fraction of sp³-hybridized carbons (Fsp3) is 0.902. The van der Waals surface area contributed by atoms with E-state index in [1.165, 1.54) is 0 Å². The zero-order valence-corrected chi connectivity index (χ0v) is 39.7. The maximum Gasteiger partial charge on any atom is 0.331 e. The fourth-order valence-corrected chi connectivity index (χ4v) is 14.3. The SMILES string of the molecule is CCC(C)C[C@@H]1C[C@H](O)[C@]2(C)OC3CC4OC5C[C@]6(C)O[C@]7(C)CCC8OC9C[C@]%10(C)OC%11C(C)=CC(=O)O[C@H]%11C[C@H]%10O[C@H]9C[C@@H](C)[C@H]8O[C@H]7C[C@H]6O[C@@]5(C)C/C=C\[C@H]4O[C@H]3C[C@H]2O1. The summed E-state index contributed by atoms with van der Waals surface area (Å²) in [6, 6.07) is 0. The molecular weight excluding hydrogens is 821 g/mol. The predicted octanol–water partition coefficient (Wildman–Crippen LogP) is 6.76. The van der Waals surface area contributed by atoms with Crippen LogP contribution in [0.1, 0.15) is 146 Å². The highest BCUT2D eigenvalue weighted by Gasteiger charge is 2.64. The topological polar surface area (TPSA) is 139 Å². The summed E-state index contributed by atoms with van der Waals surface area (Å²) in [4.78, 5) is 12.3. The van der Waals surface area contributed by atoms with Gasteiger partial charge in [0.1, 0.15) is 23.9 Å². The quantitative estimate of drug-likeness (QED) is 0.236. The fourth-order valence-electron chi connectivity index (χ4n) is 14.3. The smallest absolute Gasteiger partial charge is 0.331 e. The molecule has 0 aliphatic carbocycles. The normalized spacial score (nSPS) is 57.6. The molecule has 1 N–H and O–H groups in total. The number of fused-ring (bicyclic) bond motifs is 10. The van der Waals surface area contributed by atoms with E-state index in [1.54, 1.807) is 6.08 Å². The number of aliphatic hydroxyl groups is 1. The third-order valence-corrected chi connectivity index (χ3v) is 18.5. The van der Waals surface area contributed by atoms with E-state index in [1.807, 2.05) is 13.8 Å². The lowest BCUT2D eigenvalue weighted by Crippen LogP contribution is -2.70. The molecule has 0 amide bonds. The second kappa shape index (κ2) is 16.0. The molecule has 0 bridgehead atoms. The number of rotatable bonds is 3. The van der Waals surface area contributed by atoms with E-state index < -0.39 is 34.1 Å². The molecule has 0 aromatic heterocycles. The summed E-state index contributed by atoms with van der Waals surface area (Å²) < 4.78 is 76.2. The Morgan fingerprint density at radius 2 is 1.47 bits per heavy atom. The Morgan fingerprint density at radius 1 is 0.703 bits per heavy atom. The Kier molecular flexibility index (Phi) is 11.3. The largest absolute Gasteiger partial charge is 0.456 e. The van der Waals surface area contributed by atoms with Gasteiger partial charge in [0.05, 0.1) is 108 Å².